The average Bonchev–Trinajstić information content (AvgIpc) is 3.11. The summed E-state index contributed by atoms with van der Waals surface area (Å²) in [6.07, 6.45) is 2.76. The van der Waals surface area contributed by atoms with Crippen molar-refractivity contribution in [2.75, 3.05) is 18.4 Å². The van der Waals surface area contributed by atoms with Gasteiger partial charge in [-0.15, -0.1) is 0 Å². The minimum Gasteiger partial charge on any atom is -0.353 e. The summed E-state index contributed by atoms with van der Waals surface area (Å²) in [6.45, 7) is 13.5. The summed E-state index contributed by atoms with van der Waals surface area (Å²) < 4.78 is 2.03. The molecule has 0 saturated heterocycles. The first kappa shape index (κ1) is 24.5. The minimum atomic E-state index is -0.238. The van der Waals surface area contributed by atoms with Crippen LogP contribution in [0.5, 0.6) is 0 Å². The second-order valence-electron chi connectivity index (χ2n) is 8.91. The van der Waals surface area contributed by atoms with E-state index in [1.165, 1.54) is 0 Å². The van der Waals surface area contributed by atoms with Crippen LogP contribution >= 0.6 is 0 Å². The number of hydrogen-bond donors (Lipinski definition) is 1. The Morgan fingerprint density at radius 3 is 2.39 bits per heavy atom. The maximum atomic E-state index is 13.3. The number of rotatable bonds is 9. The molecule has 3 amide bonds. The van der Waals surface area contributed by atoms with Crippen LogP contribution in [-0.2, 0) is 18.4 Å². The van der Waals surface area contributed by atoms with Gasteiger partial charge >= 0.3 is 6.03 Å². The summed E-state index contributed by atoms with van der Waals surface area (Å²) in [4.78, 5) is 30.0. The van der Waals surface area contributed by atoms with Crippen molar-refractivity contribution >= 4 is 17.6 Å². The Labute approximate surface area is 187 Å². The summed E-state index contributed by atoms with van der Waals surface area (Å²) in [7, 11) is 1.98. The van der Waals surface area contributed by atoms with E-state index in [1.54, 1.807) is 4.90 Å². The van der Waals surface area contributed by atoms with Crippen LogP contribution in [0.3, 0.4) is 0 Å². The summed E-state index contributed by atoms with van der Waals surface area (Å²) in [6, 6.07) is 9.66. The Morgan fingerprint density at radius 1 is 1.13 bits per heavy atom. The van der Waals surface area contributed by atoms with Crippen LogP contribution in [0.4, 0.5) is 10.5 Å². The Morgan fingerprint density at radius 2 is 1.84 bits per heavy atom. The van der Waals surface area contributed by atoms with Gasteiger partial charge in [-0.3, -0.25) is 4.79 Å². The molecule has 0 aliphatic heterocycles. The van der Waals surface area contributed by atoms with E-state index in [4.69, 9.17) is 0 Å². The van der Waals surface area contributed by atoms with Crippen LogP contribution < -0.4 is 5.32 Å². The summed E-state index contributed by atoms with van der Waals surface area (Å²) >= 11 is 0. The number of amides is 3. The van der Waals surface area contributed by atoms with Gasteiger partial charge in [0, 0.05) is 37.2 Å². The molecule has 1 unspecified atom stereocenters. The van der Waals surface area contributed by atoms with E-state index >= 15 is 0 Å². The first-order chi connectivity index (χ1) is 14.6. The van der Waals surface area contributed by atoms with Gasteiger partial charge < -0.3 is 19.7 Å². The first-order valence-corrected chi connectivity index (χ1v) is 11.1. The van der Waals surface area contributed by atoms with E-state index in [1.807, 2.05) is 80.7 Å². The van der Waals surface area contributed by atoms with Gasteiger partial charge in [0.05, 0.1) is 6.54 Å². The van der Waals surface area contributed by atoms with Crippen LogP contribution in [0.25, 0.3) is 0 Å². The number of aryl methyl sites for hydroxylation is 3. The molecule has 0 radical (unpaired) electrons. The second kappa shape index (κ2) is 11.0. The lowest BCUT2D eigenvalue weighted by molar-refractivity contribution is -0.133. The van der Waals surface area contributed by atoms with Gasteiger partial charge in [0.15, 0.2) is 0 Å². The van der Waals surface area contributed by atoms with Crippen LogP contribution in [-0.4, -0.2) is 45.4 Å². The molecule has 1 aromatic heterocycles. The third-order valence-electron chi connectivity index (χ3n) is 5.66. The lowest BCUT2D eigenvalue weighted by Gasteiger charge is -2.32. The van der Waals surface area contributed by atoms with Gasteiger partial charge in [-0.1, -0.05) is 38.5 Å². The fourth-order valence-electron chi connectivity index (χ4n) is 3.59. The van der Waals surface area contributed by atoms with Gasteiger partial charge in [-0.2, -0.15) is 0 Å². The molecule has 1 aromatic carbocycles. The average molecular weight is 427 g/mol. The number of carbonyl (C=O) groups is 2. The zero-order valence-electron chi connectivity index (χ0n) is 20.1. The Hall–Kier alpha value is -2.76. The Kier molecular flexibility index (Phi) is 8.72. The number of carbonyl (C=O) groups excluding carboxylic acids is 2. The van der Waals surface area contributed by atoms with Crippen molar-refractivity contribution < 1.29 is 9.59 Å². The Bertz CT molecular complexity index is 887. The maximum Gasteiger partial charge on any atom is 0.322 e. The number of aromatic nitrogens is 1. The Balaban J connectivity index is 2.18. The van der Waals surface area contributed by atoms with Crippen molar-refractivity contribution in [2.45, 2.75) is 60.5 Å². The van der Waals surface area contributed by atoms with Gasteiger partial charge in [-0.05, 0) is 56.9 Å². The molecule has 0 aliphatic rings. The highest BCUT2D eigenvalue weighted by atomic mass is 16.2. The molecule has 6 nitrogen and oxygen atoms in total. The predicted octanol–water partition coefficient (Wildman–Crippen LogP) is 4.96. The summed E-state index contributed by atoms with van der Waals surface area (Å²) in [5.41, 5.74) is 4.01. The monoisotopic (exact) mass is 426 g/mol. The number of nitrogens with zero attached hydrogens (tertiary/aromatic N) is 3. The van der Waals surface area contributed by atoms with Crippen molar-refractivity contribution in [3.63, 3.8) is 0 Å². The third-order valence-corrected chi connectivity index (χ3v) is 5.66. The van der Waals surface area contributed by atoms with Crippen molar-refractivity contribution in [1.29, 1.82) is 0 Å². The minimum absolute atomic E-state index is 0.0361. The third kappa shape index (κ3) is 6.88. The first-order valence-electron chi connectivity index (χ1n) is 11.1. The van der Waals surface area contributed by atoms with Crippen molar-refractivity contribution in [3.8, 4) is 0 Å². The van der Waals surface area contributed by atoms with E-state index < -0.39 is 0 Å². The number of hydrogen-bond acceptors (Lipinski definition) is 2. The number of benzene rings is 1. The predicted molar refractivity (Wildman–Crippen MR) is 127 cm³/mol. The van der Waals surface area contributed by atoms with Crippen LogP contribution in [0.1, 0.15) is 50.9 Å². The number of nitrogens with one attached hydrogen (secondary N) is 1. The SMILES string of the molecule is CCC(C)N(CC(=O)N(Cc1cccn1C)CC(C)C)C(=O)Nc1ccc(C)cc1C. The molecule has 1 N–H and O–H groups in total. The van der Waals surface area contributed by atoms with E-state index in [9.17, 15) is 9.59 Å². The smallest absolute Gasteiger partial charge is 0.322 e. The highest BCUT2D eigenvalue weighted by Gasteiger charge is 2.26. The highest BCUT2D eigenvalue weighted by molar-refractivity contribution is 5.93. The largest absolute Gasteiger partial charge is 0.353 e. The quantitative estimate of drug-likeness (QED) is 0.616. The van der Waals surface area contributed by atoms with Gasteiger partial charge in [0.2, 0.25) is 5.91 Å². The molecule has 0 fully saturated rings. The van der Waals surface area contributed by atoms with Crippen molar-refractivity contribution in [1.82, 2.24) is 14.4 Å². The zero-order valence-corrected chi connectivity index (χ0v) is 20.1. The molecule has 1 heterocycles. The molecule has 1 atom stereocenters. The summed E-state index contributed by atoms with van der Waals surface area (Å²) in [5.74, 6) is 0.302. The molecule has 2 rings (SSSR count). The molecule has 31 heavy (non-hydrogen) atoms. The lowest BCUT2D eigenvalue weighted by atomic mass is 10.1. The molecule has 0 spiro atoms. The standard InChI is InChI=1S/C25H38N4O2/c1-8-21(6)29(25(31)26-23-12-11-19(4)14-20(23)5)17-24(30)28(15-18(2)3)16-22-10-9-13-27(22)7/h9-14,18,21H,8,15-17H2,1-7H3,(H,26,31). The van der Waals surface area contributed by atoms with E-state index in [0.717, 1.165) is 28.9 Å². The molecule has 6 heteroatoms. The van der Waals surface area contributed by atoms with Gasteiger partial charge in [-0.25, -0.2) is 4.79 Å². The summed E-state index contributed by atoms with van der Waals surface area (Å²) in [5, 5.41) is 3.00. The van der Waals surface area contributed by atoms with E-state index in [-0.39, 0.29) is 24.5 Å². The maximum absolute atomic E-state index is 13.3. The normalized spacial score (nSPS) is 12.0. The van der Waals surface area contributed by atoms with Crippen LogP contribution in [0, 0.1) is 19.8 Å². The fourth-order valence-corrected chi connectivity index (χ4v) is 3.59. The fraction of sp³-hybridized carbons (Fsp3) is 0.520. The van der Waals surface area contributed by atoms with Crippen molar-refractivity contribution in [3.05, 3.63) is 53.3 Å². The molecule has 0 bridgehead atoms. The van der Waals surface area contributed by atoms with E-state index in [2.05, 4.69) is 19.2 Å². The topological polar surface area (TPSA) is 57.6 Å². The van der Waals surface area contributed by atoms with E-state index in [0.29, 0.717) is 19.0 Å². The molecular formula is C25H38N4O2. The van der Waals surface area contributed by atoms with Crippen LogP contribution in [0.2, 0.25) is 0 Å². The molecule has 0 saturated carbocycles. The zero-order chi connectivity index (χ0) is 23.1. The van der Waals surface area contributed by atoms with Gasteiger partial charge in [0.1, 0.15) is 6.54 Å². The molecule has 2 aromatic rings. The molecule has 170 valence electrons. The second-order valence-corrected chi connectivity index (χ2v) is 8.91. The number of urea groups is 1. The van der Waals surface area contributed by atoms with Crippen LogP contribution in [0.15, 0.2) is 36.5 Å². The molecular weight excluding hydrogens is 388 g/mol. The highest BCUT2D eigenvalue weighted by Crippen LogP contribution is 2.18. The number of anilines is 1. The van der Waals surface area contributed by atoms with Crippen molar-refractivity contribution in [2.24, 2.45) is 13.0 Å². The van der Waals surface area contributed by atoms with Gasteiger partial charge in [0.25, 0.3) is 0 Å². The lowest BCUT2D eigenvalue weighted by Crippen LogP contribution is -2.48. The molecule has 0 aliphatic carbocycles.